The molecular formula is C16H21NO2. The minimum atomic E-state index is -0.646. The van der Waals surface area contributed by atoms with Gasteiger partial charge in [-0.3, -0.25) is 4.79 Å². The fourth-order valence-corrected chi connectivity index (χ4v) is 1.63. The van der Waals surface area contributed by atoms with Gasteiger partial charge in [-0.1, -0.05) is 54.6 Å². The lowest BCUT2D eigenvalue weighted by atomic mass is 9.84. The van der Waals surface area contributed by atoms with Crippen molar-refractivity contribution in [3.63, 3.8) is 0 Å². The first kappa shape index (κ1) is 15.2. The number of carbonyl (C=O) groups is 1. The first-order chi connectivity index (χ1) is 9.09. The Hall–Kier alpha value is -1.87. The standard InChI is InChI=1S/C16H21NO2/c1-16(2,15(19)17-12-13-18)14-10-8-6-4-3-5-7-9-11-14/h3-11,18H,12-13H2,1-2H3,(H,17,19). The van der Waals surface area contributed by atoms with Crippen molar-refractivity contribution in [2.24, 2.45) is 0 Å². The highest BCUT2D eigenvalue weighted by atomic mass is 16.3. The molecule has 0 atom stereocenters. The number of amides is 1. The predicted molar refractivity (Wildman–Crippen MR) is 77.2 cm³/mol. The summed E-state index contributed by atoms with van der Waals surface area (Å²) in [4.78, 5) is 12.1. The summed E-state index contributed by atoms with van der Waals surface area (Å²) in [6.45, 7) is 3.96. The molecule has 0 aromatic heterocycles. The maximum Gasteiger partial charge on any atom is 0.230 e. The minimum absolute atomic E-state index is 0.0514. The smallest absolute Gasteiger partial charge is 0.230 e. The minimum Gasteiger partial charge on any atom is -0.395 e. The van der Waals surface area contributed by atoms with Crippen molar-refractivity contribution in [3.8, 4) is 0 Å². The highest BCUT2D eigenvalue weighted by molar-refractivity contribution is 5.87. The van der Waals surface area contributed by atoms with Gasteiger partial charge in [0.2, 0.25) is 5.91 Å². The maximum absolute atomic E-state index is 12.1. The summed E-state index contributed by atoms with van der Waals surface area (Å²) in [5.41, 5.74) is 0.270. The quantitative estimate of drug-likeness (QED) is 0.871. The highest BCUT2D eigenvalue weighted by Crippen LogP contribution is 2.21. The van der Waals surface area contributed by atoms with Crippen LogP contribution in [0.15, 0.2) is 54.6 Å². The van der Waals surface area contributed by atoms with E-state index in [2.05, 4.69) is 5.32 Å². The average Bonchev–Trinajstić information content (AvgIpc) is 2.41. The second-order valence-corrected chi connectivity index (χ2v) is 4.74. The monoisotopic (exact) mass is 259 g/mol. The van der Waals surface area contributed by atoms with Gasteiger partial charge in [0.15, 0.2) is 0 Å². The van der Waals surface area contributed by atoms with Gasteiger partial charge in [0, 0.05) is 6.54 Å². The molecule has 1 rings (SSSR count). The molecule has 0 saturated heterocycles. The number of hydrogen-bond donors (Lipinski definition) is 2. The Bertz CT molecular complexity index is 443. The van der Waals surface area contributed by atoms with E-state index >= 15 is 0 Å². The van der Waals surface area contributed by atoms with Gasteiger partial charge in [-0.2, -0.15) is 0 Å². The fourth-order valence-electron chi connectivity index (χ4n) is 1.63. The molecule has 3 heteroatoms. The van der Waals surface area contributed by atoms with Gasteiger partial charge >= 0.3 is 0 Å². The van der Waals surface area contributed by atoms with Crippen LogP contribution >= 0.6 is 0 Å². The van der Waals surface area contributed by atoms with Crippen LogP contribution in [0.5, 0.6) is 0 Å². The van der Waals surface area contributed by atoms with Gasteiger partial charge < -0.3 is 10.4 Å². The molecule has 1 aromatic carbocycles. The van der Waals surface area contributed by atoms with Crippen LogP contribution in [0, 0.1) is 0 Å². The van der Waals surface area contributed by atoms with Crippen LogP contribution in [0.2, 0.25) is 0 Å². The number of carbonyl (C=O) groups excluding carboxylic acids is 1. The van der Waals surface area contributed by atoms with Crippen molar-refractivity contribution in [2.75, 3.05) is 13.2 Å². The van der Waals surface area contributed by atoms with E-state index in [9.17, 15) is 4.79 Å². The summed E-state index contributed by atoms with van der Waals surface area (Å²) >= 11 is 0. The van der Waals surface area contributed by atoms with Crippen molar-refractivity contribution >= 4 is 5.91 Å². The molecule has 0 bridgehead atoms. The van der Waals surface area contributed by atoms with E-state index in [1.165, 1.54) is 0 Å². The van der Waals surface area contributed by atoms with Gasteiger partial charge in [0.1, 0.15) is 0 Å². The molecule has 0 unspecified atom stereocenters. The molecule has 0 aliphatic carbocycles. The first-order valence-electron chi connectivity index (χ1n) is 6.37. The Balaban J connectivity index is 3.09. The second-order valence-electron chi connectivity index (χ2n) is 4.74. The van der Waals surface area contributed by atoms with Gasteiger partial charge in [0.05, 0.1) is 12.0 Å². The SMILES string of the molecule is CC(C)(C(=O)NCCO)c1ccccccccc1. The lowest BCUT2D eigenvalue weighted by Gasteiger charge is -2.23. The topological polar surface area (TPSA) is 49.3 Å². The molecule has 3 nitrogen and oxygen atoms in total. The van der Waals surface area contributed by atoms with E-state index < -0.39 is 5.41 Å². The Morgan fingerprint density at radius 2 is 1.53 bits per heavy atom. The molecule has 0 spiro atoms. The molecule has 0 heterocycles. The van der Waals surface area contributed by atoms with Crippen LogP contribution < -0.4 is 5.32 Å². The van der Waals surface area contributed by atoms with Crippen LogP contribution in [0.1, 0.15) is 19.4 Å². The van der Waals surface area contributed by atoms with E-state index in [-0.39, 0.29) is 19.1 Å². The van der Waals surface area contributed by atoms with Crippen molar-refractivity contribution in [1.82, 2.24) is 5.32 Å². The van der Waals surface area contributed by atoms with Gasteiger partial charge in [-0.05, 0) is 19.4 Å². The van der Waals surface area contributed by atoms with E-state index in [0.717, 1.165) is 5.56 Å². The Morgan fingerprint density at radius 1 is 1.05 bits per heavy atom. The van der Waals surface area contributed by atoms with Crippen LogP contribution in [-0.2, 0) is 10.2 Å². The van der Waals surface area contributed by atoms with Crippen molar-refractivity contribution in [3.05, 3.63) is 60.2 Å². The van der Waals surface area contributed by atoms with Gasteiger partial charge in [-0.15, -0.1) is 0 Å². The van der Waals surface area contributed by atoms with Crippen LogP contribution in [-0.4, -0.2) is 24.2 Å². The summed E-state index contributed by atoms with van der Waals surface area (Å²) in [5, 5.41) is 11.5. The molecule has 1 aromatic rings. The van der Waals surface area contributed by atoms with E-state index in [1.807, 2.05) is 68.4 Å². The largest absolute Gasteiger partial charge is 0.395 e. The van der Waals surface area contributed by atoms with E-state index in [1.54, 1.807) is 0 Å². The molecule has 0 saturated carbocycles. The number of hydrogen-bond acceptors (Lipinski definition) is 2. The second kappa shape index (κ2) is 7.54. The van der Waals surface area contributed by atoms with Crippen LogP contribution in [0.3, 0.4) is 0 Å². The molecule has 102 valence electrons. The Kier molecular flexibility index (Phi) is 6.03. The maximum atomic E-state index is 12.1. The number of aliphatic hydroxyl groups excluding tert-OH is 1. The fraction of sp³-hybridized carbons (Fsp3) is 0.312. The van der Waals surface area contributed by atoms with E-state index in [4.69, 9.17) is 5.11 Å². The zero-order valence-electron chi connectivity index (χ0n) is 11.5. The molecular weight excluding hydrogens is 238 g/mol. The first-order valence-corrected chi connectivity index (χ1v) is 6.37. The third-order valence-electron chi connectivity index (χ3n) is 2.90. The number of nitrogens with one attached hydrogen (secondary N) is 1. The zero-order valence-corrected chi connectivity index (χ0v) is 11.5. The van der Waals surface area contributed by atoms with Crippen LogP contribution in [0.25, 0.3) is 0 Å². The van der Waals surface area contributed by atoms with Gasteiger partial charge in [0.25, 0.3) is 0 Å². The van der Waals surface area contributed by atoms with E-state index in [0.29, 0.717) is 0 Å². The van der Waals surface area contributed by atoms with Crippen LogP contribution in [0.4, 0.5) is 0 Å². The van der Waals surface area contributed by atoms with Crippen molar-refractivity contribution in [1.29, 1.82) is 0 Å². The number of rotatable bonds is 4. The summed E-state index contributed by atoms with van der Waals surface area (Å²) in [6.07, 6.45) is 0. The molecule has 1 amide bonds. The zero-order chi connectivity index (χ0) is 14.1. The normalized spacial score (nSPS) is 10.5. The lowest BCUT2D eigenvalue weighted by molar-refractivity contribution is -0.125. The third kappa shape index (κ3) is 4.72. The molecule has 0 fully saturated rings. The Morgan fingerprint density at radius 3 is 2.00 bits per heavy atom. The number of aliphatic hydroxyl groups is 1. The predicted octanol–water partition coefficient (Wildman–Crippen LogP) is 2.20. The third-order valence-corrected chi connectivity index (χ3v) is 2.90. The Labute approximate surface area is 114 Å². The molecule has 0 aliphatic rings. The summed E-state index contributed by atoms with van der Waals surface area (Å²) in [5.74, 6) is -0.0950. The molecule has 0 radical (unpaired) electrons. The highest BCUT2D eigenvalue weighted by Gasteiger charge is 2.28. The molecule has 0 aliphatic heterocycles. The molecule has 2 N–H and O–H groups in total. The molecule has 19 heavy (non-hydrogen) atoms. The lowest BCUT2D eigenvalue weighted by Crippen LogP contribution is -2.41. The van der Waals surface area contributed by atoms with Crippen molar-refractivity contribution < 1.29 is 9.90 Å². The summed E-state index contributed by atoms with van der Waals surface area (Å²) in [7, 11) is 0. The summed E-state index contributed by atoms with van der Waals surface area (Å²) in [6, 6.07) is 17.3. The van der Waals surface area contributed by atoms with Crippen molar-refractivity contribution in [2.45, 2.75) is 19.3 Å². The average molecular weight is 259 g/mol. The van der Waals surface area contributed by atoms with Gasteiger partial charge in [-0.25, -0.2) is 0 Å². The summed E-state index contributed by atoms with van der Waals surface area (Å²) < 4.78 is 0.